The molecule has 0 fully saturated rings. The Hall–Kier alpha value is -3.31. The second-order valence-corrected chi connectivity index (χ2v) is 7.18. The number of hydrogen-bond donors (Lipinski definition) is 1. The molecule has 138 valence electrons. The third-order valence-electron chi connectivity index (χ3n) is 5.36. The van der Waals surface area contributed by atoms with Gasteiger partial charge in [0.25, 0.3) is 5.56 Å². The summed E-state index contributed by atoms with van der Waals surface area (Å²) in [7, 11) is 0. The van der Waals surface area contributed by atoms with Crippen LogP contribution in [0.4, 0.5) is 0 Å². The first-order chi connectivity index (χ1) is 13.8. The predicted octanol–water partition coefficient (Wildman–Crippen LogP) is 3.54. The van der Waals surface area contributed by atoms with Crippen molar-refractivity contribution in [3.63, 3.8) is 0 Å². The molecule has 5 rings (SSSR count). The first kappa shape index (κ1) is 16.8. The van der Waals surface area contributed by atoms with Gasteiger partial charge in [0, 0.05) is 43.2 Å². The highest BCUT2D eigenvalue weighted by Gasteiger charge is 2.22. The topological polar surface area (TPSA) is 61.9 Å². The molecule has 1 N–H and O–H groups in total. The molecule has 0 aliphatic carbocycles. The summed E-state index contributed by atoms with van der Waals surface area (Å²) in [5, 5.41) is 2.54. The minimum absolute atomic E-state index is 0.0336. The number of benzene rings is 2. The standard InChI is InChI=1S/C23H20N4O/c28-23-20-10-12-27(14-18-7-3-6-16-5-1-2-9-19(16)18)15-21(20)25-22(26-23)17-8-4-11-24-13-17/h1-9,11,13H,10,12,14-15H2,(H,25,26,28). The van der Waals surface area contributed by atoms with E-state index in [4.69, 9.17) is 4.98 Å². The van der Waals surface area contributed by atoms with Gasteiger partial charge in [0.15, 0.2) is 0 Å². The third kappa shape index (κ3) is 3.10. The Balaban J connectivity index is 1.46. The quantitative estimate of drug-likeness (QED) is 0.601. The van der Waals surface area contributed by atoms with Gasteiger partial charge >= 0.3 is 0 Å². The summed E-state index contributed by atoms with van der Waals surface area (Å²) in [6.07, 6.45) is 4.16. The van der Waals surface area contributed by atoms with Gasteiger partial charge in [0.2, 0.25) is 0 Å². The minimum Gasteiger partial charge on any atom is -0.306 e. The van der Waals surface area contributed by atoms with Crippen molar-refractivity contribution in [3.05, 3.63) is 94.2 Å². The molecular weight excluding hydrogens is 348 g/mol. The van der Waals surface area contributed by atoms with Crippen molar-refractivity contribution in [1.29, 1.82) is 0 Å². The van der Waals surface area contributed by atoms with E-state index in [0.29, 0.717) is 12.4 Å². The summed E-state index contributed by atoms with van der Waals surface area (Å²) in [5.74, 6) is 0.587. The van der Waals surface area contributed by atoms with E-state index in [1.165, 1.54) is 16.3 Å². The molecule has 0 unspecified atom stereocenters. The van der Waals surface area contributed by atoms with Gasteiger partial charge in [0.05, 0.1) is 5.69 Å². The molecule has 0 saturated heterocycles. The number of H-pyrrole nitrogens is 1. The van der Waals surface area contributed by atoms with E-state index >= 15 is 0 Å². The van der Waals surface area contributed by atoms with E-state index in [1.54, 1.807) is 12.4 Å². The molecule has 0 atom stereocenters. The van der Waals surface area contributed by atoms with Crippen molar-refractivity contribution in [3.8, 4) is 11.4 Å². The largest absolute Gasteiger partial charge is 0.306 e. The molecular formula is C23H20N4O. The summed E-state index contributed by atoms with van der Waals surface area (Å²) < 4.78 is 0. The van der Waals surface area contributed by atoms with Gasteiger partial charge in [-0.1, -0.05) is 42.5 Å². The minimum atomic E-state index is -0.0336. The van der Waals surface area contributed by atoms with Crippen LogP contribution < -0.4 is 5.56 Å². The summed E-state index contributed by atoms with van der Waals surface area (Å²) in [6.45, 7) is 2.38. The van der Waals surface area contributed by atoms with Crippen LogP contribution in [-0.2, 0) is 19.5 Å². The second-order valence-electron chi connectivity index (χ2n) is 7.18. The summed E-state index contributed by atoms with van der Waals surface area (Å²) in [6, 6.07) is 18.7. The Morgan fingerprint density at radius 3 is 2.82 bits per heavy atom. The fourth-order valence-electron chi connectivity index (χ4n) is 3.94. The van der Waals surface area contributed by atoms with Crippen LogP contribution in [0.15, 0.2) is 71.8 Å². The van der Waals surface area contributed by atoms with Crippen LogP contribution in [-0.4, -0.2) is 26.4 Å². The van der Waals surface area contributed by atoms with Crippen LogP contribution in [0.5, 0.6) is 0 Å². The zero-order valence-electron chi connectivity index (χ0n) is 15.4. The van der Waals surface area contributed by atoms with Gasteiger partial charge in [0.1, 0.15) is 5.82 Å². The van der Waals surface area contributed by atoms with Crippen LogP contribution in [0.3, 0.4) is 0 Å². The van der Waals surface area contributed by atoms with E-state index in [2.05, 4.69) is 57.3 Å². The maximum absolute atomic E-state index is 12.6. The third-order valence-corrected chi connectivity index (χ3v) is 5.36. The molecule has 4 aromatic rings. The smallest absolute Gasteiger partial charge is 0.254 e. The number of nitrogens with one attached hydrogen (secondary N) is 1. The molecule has 0 radical (unpaired) electrons. The van der Waals surface area contributed by atoms with Crippen molar-refractivity contribution in [2.45, 2.75) is 19.5 Å². The summed E-state index contributed by atoms with van der Waals surface area (Å²) in [5.41, 5.74) is 3.78. The van der Waals surface area contributed by atoms with Crippen LogP contribution in [0.2, 0.25) is 0 Å². The van der Waals surface area contributed by atoms with Gasteiger partial charge in [-0.05, 0) is 34.9 Å². The number of pyridine rings is 1. The van der Waals surface area contributed by atoms with Gasteiger partial charge in [-0.2, -0.15) is 0 Å². The molecule has 0 spiro atoms. The molecule has 2 aromatic carbocycles. The summed E-state index contributed by atoms with van der Waals surface area (Å²) in [4.78, 5) is 26.7. The number of aromatic amines is 1. The van der Waals surface area contributed by atoms with Crippen molar-refractivity contribution < 1.29 is 0 Å². The zero-order chi connectivity index (χ0) is 18.9. The molecule has 28 heavy (non-hydrogen) atoms. The van der Waals surface area contributed by atoms with Crippen molar-refractivity contribution in [2.24, 2.45) is 0 Å². The van der Waals surface area contributed by atoms with Crippen LogP contribution in [0, 0.1) is 0 Å². The highest BCUT2D eigenvalue weighted by molar-refractivity contribution is 5.85. The number of rotatable bonds is 3. The maximum Gasteiger partial charge on any atom is 0.254 e. The highest BCUT2D eigenvalue weighted by atomic mass is 16.1. The molecule has 0 bridgehead atoms. The molecule has 1 aliphatic rings. The fourth-order valence-corrected chi connectivity index (χ4v) is 3.94. The van der Waals surface area contributed by atoms with E-state index < -0.39 is 0 Å². The average Bonchev–Trinajstić information content (AvgIpc) is 2.74. The van der Waals surface area contributed by atoms with Crippen LogP contribution in [0.25, 0.3) is 22.2 Å². The van der Waals surface area contributed by atoms with Crippen molar-refractivity contribution in [1.82, 2.24) is 19.9 Å². The Morgan fingerprint density at radius 1 is 1.04 bits per heavy atom. The lowest BCUT2D eigenvalue weighted by Crippen LogP contribution is -2.35. The van der Waals surface area contributed by atoms with Crippen molar-refractivity contribution >= 4 is 10.8 Å². The molecule has 0 amide bonds. The van der Waals surface area contributed by atoms with E-state index in [9.17, 15) is 4.79 Å². The average molecular weight is 368 g/mol. The van der Waals surface area contributed by atoms with Gasteiger partial charge in [-0.3, -0.25) is 14.7 Å². The number of fused-ring (bicyclic) bond motifs is 2. The Bertz CT molecular complexity index is 1190. The first-order valence-corrected chi connectivity index (χ1v) is 9.49. The molecule has 1 aliphatic heterocycles. The molecule has 2 aromatic heterocycles. The lowest BCUT2D eigenvalue weighted by molar-refractivity contribution is 0.241. The maximum atomic E-state index is 12.6. The fraction of sp³-hybridized carbons (Fsp3) is 0.174. The Morgan fingerprint density at radius 2 is 1.93 bits per heavy atom. The first-order valence-electron chi connectivity index (χ1n) is 9.49. The Labute approximate surface area is 162 Å². The van der Waals surface area contributed by atoms with Crippen molar-refractivity contribution in [2.75, 3.05) is 6.54 Å². The van der Waals surface area contributed by atoms with Gasteiger partial charge in [-0.15, -0.1) is 0 Å². The molecule has 5 nitrogen and oxygen atoms in total. The predicted molar refractivity (Wildman–Crippen MR) is 110 cm³/mol. The van der Waals surface area contributed by atoms with Crippen LogP contribution >= 0.6 is 0 Å². The molecule has 5 heteroatoms. The van der Waals surface area contributed by atoms with E-state index in [1.807, 2.05) is 12.1 Å². The zero-order valence-corrected chi connectivity index (χ0v) is 15.4. The van der Waals surface area contributed by atoms with Gasteiger partial charge < -0.3 is 4.98 Å². The molecule has 0 saturated carbocycles. The Kier molecular flexibility index (Phi) is 4.22. The highest BCUT2D eigenvalue weighted by Crippen LogP contribution is 2.23. The van der Waals surface area contributed by atoms with E-state index in [0.717, 1.165) is 36.3 Å². The number of hydrogen-bond acceptors (Lipinski definition) is 4. The van der Waals surface area contributed by atoms with E-state index in [-0.39, 0.29) is 5.56 Å². The lowest BCUT2D eigenvalue weighted by atomic mass is 10.0. The van der Waals surface area contributed by atoms with Gasteiger partial charge in [-0.25, -0.2) is 4.98 Å². The normalized spacial score (nSPS) is 14.1. The SMILES string of the molecule is O=c1[nH]c(-c2cccnc2)nc2c1CCN(Cc1cccc3ccccc13)C2. The number of nitrogens with zero attached hydrogens (tertiary/aromatic N) is 3. The van der Waals surface area contributed by atoms with Crippen LogP contribution in [0.1, 0.15) is 16.8 Å². The monoisotopic (exact) mass is 368 g/mol. The molecule has 3 heterocycles. The second kappa shape index (κ2) is 7.02. The summed E-state index contributed by atoms with van der Waals surface area (Å²) >= 11 is 0. The lowest BCUT2D eigenvalue weighted by Gasteiger charge is -2.28. The number of aromatic nitrogens is 3.